The fourth-order valence-electron chi connectivity index (χ4n) is 2.92. The minimum atomic E-state index is -1.20. The van der Waals surface area contributed by atoms with Crippen LogP contribution < -0.4 is 4.90 Å². The number of esters is 1. The molecule has 3 amide bonds. The lowest BCUT2D eigenvalue weighted by atomic mass is 9.98. The summed E-state index contributed by atoms with van der Waals surface area (Å²) in [6.45, 7) is 2.98. The minimum Gasteiger partial charge on any atom is -0.464 e. The topological polar surface area (TPSA) is 96.3 Å². The number of amides is 3. The molecule has 25 heavy (non-hydrogen) atoms. The van der Waals surface area contributed by atoms with Gasteiger partial charge in [-0.3, -0.25) is 14.4 Å². The molecule has 8 nitrogen and oxygen atoms in total. The number of hydrogen-bond acceptors (Lipinski definition) is 6. The molecule has 0 aromatic heterocycles. The van der Waals surface area contributed by atoms with Crippen LogP contribution in [0.3, 0.4) is 0 Å². The van der Waals surface area contributed by atoms with Crippen molar-refractivity contribution in [3.8, 4) is 0 Å². The van der Waals surface area contributed by atoms with E-state index in [0.29, 0.717) is 5.02 Å². The maximum absolute atomic E-state index is 12.8. The molecule has 1 aromatic carbocycles. The van der Waals surface area contributed by atoms with Gasteiger partial charge in [0.15, 0.2) is 11.8 Å². The van der Waals surface area contributed by atoms with Gasteiger partial charge in [-0.25, -0.2) is 14.7 Å². The molecule has 0 bridgehead atoms. The highest BCUT2D eigenvalue weighted by Gasteiger charge is 2.59. The van der Waals surface area contributed by atoms with E-state index < -0.39 is 35.7 Å². The number of imide groups is 1. The van der Waals surface area contributed by atoms with Gasteiger partial charge in [0.2, 0.25) is 11.8 Å². The summed E-state index contributed by atoms with van der Waals surface area (Å²) in [5.74, 6) is -3.90. The largest absolute Gasteiger partial charge is 0.464 e. The lowest BCUT2D eigenvalue weighted by Crippen LogP contribution is -2.41. The van der Waals surface area contributed by atoms with Crippen molar-refractivity contribution in [2.24, 2.45) is 11.0 Å². The van der Waals surface area contributed by atoms with E-state index in [2.05, 4.69) is 9.84 Å². The Morgan fingerprint density at radius 1 is 1.24 bits per heavy atom. The number of carbonyl (C=O) groups is 4. The molecule has 0 radical (unpaired) electrons. The average molecular weight is 364 g/mol. The summed E-state index contributed by atoms with van der Waals surface area (Å²) >= 11 is 6.08. The smallest absolute Gasteiger partial charge is 0.355 e. The zero-order valence-electron chi connectivity index (χ0n) is 13.6. The quantitative estimate of drug-likeness (QED) is 0.574. The van der Waals surface area contributed by atoms with Crippen molar-refractivity contribution in [3.05, 3.63) is 28.8 Å². The highest BCUT2D eigenvalue weighted by molar-refractivity contribution is 6.47. The Labute approximate surface area is 148 Å². The number of ether oxygens (including phenoxy) is 1. The predicted octanol–water partition coefficient (Wildman–Crippen LogP) is 0.898. The van der Waals surface area contributed by atoms with Crippen LogP contribution in [-0.2, 0) is 23.9 Å². The molecule has 2 heterocycles. The van der Waals surface area contributed by atoms with Gasteiger partial charge in [-0.2, -0.15) is 5.10 Å². The average Bonchev–Trinajstić information content (AvgIpc) is 3.08. The van der Waals surface area contributed by atoms with Crippen LogP contribution >= 0.6 is 11.6 Å². The summed E-state index contributed by atoms with van der Waals surface area (Å²) in [5, 5.41) is 5.08. The molecule has 0 spiro atoms. The molecular formula is C16H14ClN3O5. The molecule has 9 heteroatoms. The van der Waals surface area contributed by atoms with E-state index in [0.717, 1.165) is 22.6 Å². The Balaban J connectivity index is 2.07. The first-order valence-corrected chi connectivity index (χ1v) is 7.76. The van der Waals surface area contributed by atoms with Crippen LogP contribution in [-0.4, -0.2) is 47.6 Å². The number of hydrazone groups is 1. The van der Waals surface area contributed by atoms with Crippen molar-refractivity contribution in [2.75, 3.05) is 12.0 Å². The molecule has 1 aromatic rings. The number of methoxy groups -OCH3 is 1. The monoisotopic (exact) mass is 363 g/mol. The molecule has 2 unspecified atom stereocenters. The number of fused-ring (bicyclic) bond motifs is 1. The van der Waals surface area contributed by atoms with Crippen LogP contribution in [0.2, 0.25) is 5.02 Å². The lowest BCUT2D eigenvalue weighted by molar-refractivity contribution is -0.136. The number of halogens is 1. The van der Waals surface area contributed by atoms with Gasteiger partial charge in [0.1, 0.15) is 5.92 Å². The summed E-state index contributed by atoms with van der Waals surface area (Å²) in [4.78, 5) is 50.3. The first kappa shape index (κ1) is 17.1. The Bertz CT molecular complexity index is 850. The van der Waals surface area contributed by atoms with Crippen LogP contribution in [0.4, 0.5) is 5.69 Å². The molecule has 0 N–H and O–H groups in total. The van der Waals surface area contributed by atoms with Crippen LogP contribution in [0.1, 0.15) is 12.5 Å². The molecule has 2 aliphatic heterocycles. The van der Waals surface area contributed by atoms with Gasteiger partial charge in [-0.15, -0.1) is 0 Å². The Morgan fingerprint density at radius 3 is 2.48 bits per heavy atom. The third kappa shape index (κ3) is 2.49. The molecule has 3 rings (SSSR count). The SMILES string of the molecule is COC(=O)C1=NN(C(C)=O)C2C(=O)N(c3ccc(C)c(Cl)c3)C(=O)C12. The molecule has 0 aliphatic carbocycles. The maximum atomic E-state index is 12.8. The van der Waals surface area contributed by atoms with Crippen LogP contribution in [0.5, 0.6) is 0 Å². The number of benzene rings is 1. The second-order valence-corrected chi connectivity index (χ2v) is 6.12. The van der Waals surface area contributed by atoms with Gasteiger partial charge in [-0.1, -0.05) is 17.7 Å². The minimum absolute atomic E-state index is 0.262. The third-order valence-corrected chi connectivity index (χ3v) is 4.59. The number of carbonyl (C=O) groups excluding carboxylic acids is 4. The first-order valence-electron chi connectivity index (χ1n) is 7.38. The van der Waals surface area contributed by atoms with Crippen molar-refractivity contribution in [1.82, 2.24) is 5.01 Å². The van der Waals surface area contributed by atoms with E-state index >= 15 is 0 Å². The van der Waals surface area contributed by atoms with Crippen molar-refractivity contribution in [3.63, 3.8) is 0 Å². The number of hydrogen-bond donors (Lipinski definition) is 0. The summed E-state index contributed by atoms with van der Waals surface area (Å²) in [7, 11) is 1.13. The molecule has 2 atom stereocenters. The van der Waals surface area contributed by atoms with Gasteiger partial charge in [0.25, 0.3) is 5.91 Å². The second kappa shape index (κ2) is 5.96. The lowest BCUT2D eigenvalue weighted by Gasteiger charge is -2.19. The number of aryl methyl sites for hydroxylation is 1. The van der Waals surface area contributed by atoms with E-state index in [9.17, 15) is 19.2 Å². The van der Waals surface area contributed by atoms with Gasteiger partial charge >= 0.3 is 5.97 Å². The van der Waals surface area contributed by atoms with Crippen LogP contribution in [0, 0.1) is 12.8 Å². The van der Waals surface area contributed by atoms with E-state index in [1.165, 1.54) is 13.0 Å². The molecule has 1 saturated heterocycles. The van der Waals surface area contributed by atoms with Crippen molar-refractivity contribution in [1.29, 1.82) is 0 Å². The fourth-order valence-corrected chi connectivity index (χ4v) is 3.10. The summed E-state index contributed by atoms with van der Waals surface area (Å²) in [6.07, 6.45) is 0. The maximum Gasteiger partial charge on any atom is 0.355 e. The van der Waals surface area contributed by atoms with Gasteiger partial charge < -0.3 is 4.74 Å². The summed E-state index contributed by atoms with van der Waals surface area (Å²) in [6, 6.07) is 3.54. The van der Waals surface area contributed by atoms with E-state index in [1.807, 2.05) is 0 Å². The normalized spacial score (nSPS) is 22.2. The van der Waals surface area contributed by atoms with E-state index in [4.69, 9.17) is 11.6 Å². The van der Waals surface area contributed by atoms with Crippen LogP contribution in [0.25, 0.3) is 0 Å². The highest BCUT2D eigenvalue weighted by atomic mass is 35.5. The van der Waals surface area contributed by atoms with Gasteiger partial charge in [0.05, 0.1) is 12.8 Å². The number of rotatable bonds is 2. The van der Waals surface area contributed by atoms with E-state index in [1.54, 1.807) is 19.1 Å². The zero-order chi connectivity index (χ0) is 18.5. The second-order valence-electron chi connectivity index (χ2n) is 5.71. The number of nitrogens with zero attached hydrogens (tertiary/aromatic N) is 3. The molecule has 0 saturated carbocycles. The molecule has 130 valence electrons. The van der Waals surface area contributed by atoms with Crippen LogP contribution in [0.15, 0.2) is 23.3 Å². The van der Waals surface area contributed by atoms with Crippen molar-refractivity contribution in [2.45, 2.75) is 19.9 Å². The first-order chi connectivity index (χ1) is 11.8. The standard InChI is InChI=1S/C16H14ClN3O5/c1-7-4-5-9(6-10(7)17)19-14(22)11-12(16(24)25-3)18-20(8(2)21)13(11)15(19)23/h4-6,11,13H,1-3H3. The fraction of sp³-hybridized carbons (Fsp3) is 0.312. The molecule has 2 aliphatic rings. The summed E-state index contributed by atoms with van der Waals surface area (Å²) < 4.78 is 4.62. The van der Waals surface area contributed by atoms with E-state index in [-0.39, 0.29) is 11.4 Å². The zero-order valence-corrected chi connectivity index (χ0v) is 14.4. The molecule has 1 fully saturated rings. The van der Waals surface area contributed by atoms with Crippen molar-refractivity contribution < 1.29 is 23.9 Å². The number of anilines is 1. The van der Waals surface area contributed by atoms with Gasteiger partial charge in [-0.05, 0) is 24.6 Å². The Kier molecular flexibility index (Phi) is 4.08. The van der Waals surface area contributed by atoms with Gasteiger partial charge in [0, 0.05) is 11.9 Å². The predicted molar refractivity (Wildman–Crippen MR) is 87.9 cm³/mol. The Hall–Kier alpha value is -2.74. The third-order valence-electron chi connectivity index (χ3n) is 4.18. The highest BCUT2D eigenvalue weighted by Crippen LogP contribution is 2.36. The Morgan fingerprint density at radius 2 is 1.92 bits per heavy atom. The van der Waals surface area contributed by atoms with Crippen molar-refractivity contribution >= 4 is 46.7 Å². The molecular weight excluding hydrogens is 350 g/mol. The summed E-state index contributed by atoms with van der Waals surface area (Å²) in [5.41, 5.74) is 0.793.